The molecule has 0 aliphatic carbocycles. The number of methoxy groups -OCH3 is 1. The Morgan fingerprint density at radius 2 is 2.26 bits per heavy atom. The fraction of sp³-hybridized carbons (Fsp3) is 0.533. The number of amides is 1. The van der Waals surface area contributed by atoms with Gasteiger partial charge in [-0.05, 0) is 31.4 Å². The first-order chi connectivity index (χ1) is 9.08. The molecule has 1 aromatic carbocycles. The number of likely N-dealkylation sites (tertiary alicyclic amines) is 1. The number of hydrogen-bond donors (Lipinski definition) is 1. The third-order valence-electron chi connectivity index (χ3n) is 3.92. The van der Waals surface area contributed by atoms with Crippen LogP contribution >= 0.6 is 0 Å². The van der Waals surface area contributed by atoms with Gasteiger partial charge in [0.05, 0.1) is 25.3 Å². The molecule has 0 radical (unpaired) electrons. The second kappa shape index (κ2) is 5.61. The summed E-state index contributed by atoms with van der Waals surface area (Å²) in [5, 5.41) is 9.46. The normalized spacial score (nSPS) is 22.6. The molecule has 0 aromatic heterocycles. The van der Waals surface area contributed by atoms with E-state index in [4.69, 9.17) is 4.74 Å². The minimum absolute atomic E-state index is 0.0149. The molecule has 1 aliphatic heterocycles. The molecule has 4 heteroatoms. The fourth-order valence-corrected chi connectivity index (χ4v) is 2.68. The SMILES string of the molecule is COc1ccc(C)cc1C(=O)N1CCC(C)C1CO. The van der Waals surface area contributed by atoms with Crippen molar-refractivity contribution in [2.75, 3.05) is 20.3 Å². The zero-order valence-electron chi connectivity index (χ0n) is 11.7. The largest absolute Gasteiger partial charge is 0.496 e. The van der Waals surface area contributed by atoms with Gasteiger partial charge in [0.15, 0.2) is 0 Å². The lowest BCUT2D eigenvalue weighted by molar-refractivity contribution is 0.0645. The standard InChI is InChI=1S/C15H21NO3/c1-10-4-5-14(19-3)12(8-10)15(18)16-7-6-11(2)13(16)9-17/h4-5,8,11,13,17H,6-7,9H2,1-3H3. The Morgan fingerprint density at radius 3 is 2.89 bits per heavy atom. The van der Waals surface area contributed by atoms with E-state index in [2.05, 4.69) is 6.92 Å². The Labute approximate surface area is 114 Å². The molecule has 0 spiro atoms. The first-order valence-corrected chi connectivity index (χ1v) is 6.65. The number of ether oxygens (including phenoxy) is 1. The lowest BCUT2D eigenvalue weighted by Gasteiger charge is -2.26. The van der Waals surface area contributed by atoms with Gasteiger partial charge in [-0.3, -0.25) is 4.79 Å². The van der Waals surface area contributed by atoms with Crippen molar-refractivity contribution in [2.45, 2.75) is 26.3 Å². The molecule has 1 heterocycles. The first-order valence-electron chi connectivity index (χ1n) is 6.65. The molecule has 1 N–H and O–H groups in total. The third kappa shape index (κ3) is 2.59. The predicted molar refractivity (Wildman–Crippen MR) is 73.4 cm³/mol. The van der Waals surface area contributed by atoms with Crippen molar-refractivity contribution >= 4 is 5.91 Å². The maximum absolute atomic E-state index is 12.6. The molecule has 4 nitrogen and oxygen atoms in total. The molecule has 2 unspecified atom stereocenters. The Kier molecular flexibility index (Phi) is 4.10. The van der Waals surface area contributed by atoms with E-state index in [1.165, 1.54) is 0 Å². The Hall–Kier alpha value is -1.55. The summed E-state index contributed by atoms with van der Waals surface area (Å²) >= 11 is 0. The zero-order chi connectivity index (χ0) is 14.0. The van der Waals surface area contributed by atoms with E-state index in [1.54, 1.807) is 12.0 Å². The second-order valence-electron chi connectivity index (χ2n) is 5.22. The van der Waals surface area contributed by atoms with Gasteiger partial charge in [-0.1, -0.05) is 18.6 Å². The van der Waals surface area contributed by atoms with Gasteiger partial charge in [0.1, 0.15) is 5.75 Å². The molecule has 2 rings (SSSR count). The van der Waals surface area contributed by atoms with Gasteiger partial charge in [0, 0.05) is 6.54 Å². The number of carbonyl (C=O) groups is 1. The van der Waals surface area contributed by atoms with Crippen molar-refractivity contribution in [3.05, 3.63) is 29.3 Å². The van der Waals surface area contributed by atoms with Gasteiger partial charge in [-0.2, -0.15) is 0 Å². The molecule has 0 saturated carbocycles. The van der Waals surface area contributed by atoms with Crippen LogP contribution in [0.2, 0.25) is 0 Å². The highest BCUT2D eigenvalue weighted by Crippen LogP contribution is 2.28. The van der Waals surface area contributed by atoms with Gasteiger partial charge < -0.3 is 14.7 Å². The van der Waals surface area contributed by atoms with Crippen molar-refractivity contribution < 1.29 is 14.6 Å². The molecule has 2 atom stereocenters. The highest BCUT2D eigenvalue weighted by atomic mass is 16.5. The van der Waals surface area contributed by atoms with Crippen LogP contribution in [0, 0.1) is 12.8 Å². The molecule has 0 bridgehead atoms. The minimum Gasteiger partial charge on any atom is -0.496 e. The van der Waals surface area contributed by atoms with E-state index in [9.17, 15) is 9.90 Å². The van der Waals surface area contributed by atoms with E-state index >= 15 is 0 Å². The van der Waals surface area contributed by atoms with Crippen molar-refractivity contribution in [3.8, 4) is 5.75 Å². The molecule has 1 saturated heterocycles. The van der Waals surface area contributed by atoms with Crippen molar-refractivity contribution in [2.24, 2.45) is 5.92 Å². The lowest BCUT2D eigenvalue weighted by atomic mass is 10.0. The number of aliphatic hydroxyl groups is 1. The van der Waals surface area contributed by atoms with Crippen LogP contribution in [0.4, 0.5) is 0 Å². The van der Waals surface area contributed by atoms with Crippen LogP contribution in [0.25, 0.3) is 0 Å². The molecule has 104 valence electrons. The van der Waals surface area contributed by atoms with Crippen LogP contribution in [0.15, 0.2) is 18.2 Å². The van der Waals surface area contributed by atoms with Crippen molar-refractivity contribution in [1.29, 1.82) is 0 Å². The lowest BCUT2D eigenvalue weighted by Crippen LogP contribution is -2.40. The van der Waals surface area contributed by atoms with Crippen LogP contribution in [-0.2, 0) is 0 Å². The molecule has 1 aromatic rings. The average molecular weight is 263 g/mol. The number of nitrogens with zero attached hydrogens (tertiary/aromatic N) is 1. The summed E-state index contributed by atoms with van der Waals surface area (Å²) < 4.78 is 5.27. The van der Waals surface area contributed by atoms with Crippen LogP contribution in [0.1, 0.15) is 29.3 Å². The quantitative estimate of drug-likeness (QED) is 0.905. The van der Waals surface area contributed by atoms with E-state index in [1.807, 2.05) is 25.1 Å². The van der Waals surface area contributed by atoms with Crippen LogP contribution in [0.5, 0.6) is 5.75 Å². The summed E-state index contributed by atoms with van der Waals surface area (Å²) in [6.07, 6.45) is 0.936. The molecular formula is C15H21NO3. The predicted octanol–water partition coefficient (Wildman–Crippen LogP) is 1.85. The highest BCUT2D eigenvalue weighted by molar-refractivity contribution is 5.97. The monoisotopic (exact) mass is 263 g/mol. The Morgan fingerprint density at radius 1 is 1.53 bits per heavy atom. The van der Waals surface area contributed by atoms with Crippen LogP contribution in [0.3, 0.4) is 0 Å². The fourth-order valence-electron chi connectivity index (χ4n) is 2.68. The molecular weight excluding hydrogens is 242 g/mol. The average Bonchev–Trinajstić information content (AvgIpc) is 2.78. The number of aryl methyl sites for hydroxylation is 1. The Balaban J connectivity index is 2.31. The molecule has 1 aliphatic rings. The number of carbonyl (C=O) groups excluding carboxylic acids is 1. The van der Waals surface area contributed by atoms with Gasteiger partial charge in [-0.15, -0.1) is 0 Å². The summed E-state index contributed by atoms with van der Waals surface area (Å²) in [7, 11) is 1.57. The molecule has 1 fully saturated rings. The summed E-state index contributed by atoms with van der Waals surface area (Å²) in [4.78, 5) is 14.4. The smallest absolute Gasteiger partial charge is 0.257 e. The highest BCUT2D eigenvalue weighted by Gasteiger charge is 2.35. The third-order valence-corrected chi connectivity index (χ3v) is 3.92. The van der Waals surface area contributed by atoms with E-state index in [0.717, 1.165) is 12.0 Å². The minimum atomic E-state index is -0.0854. The van der Waals surface area contributed by atoms with Crippen LogP contribution < -0.4 is 4.74 Å². The Bertz CT molecular complexity index is 472. The number of hydrogen-bond acceptors (Lipinski definition) is 3. The summed E-state index contributed by atoms with van der Waals surface area (Å²) in [6, 6.07) is 5.50. The van der Waals surface area contributed by atoms with E-state index in [-0.39, 0.29) is 18.6 Å². The van der Waals surface area contributed by atoms with Gasteiger partial charge in [0.2, 0.25) is 0 Å². The van der Waals surface area contributed by atoms with E-state index < -0.39 is 0 Å². The summed E-state index contributed by atoms with van der Waals surface area (Å²) in [5.74, 6) is 0.876. The van der Waals surface area contributed by atoms with E-state index in [0.29, 0.717) is 23.8 Å². The number of benzene rings is 1. The number of aliphatic hydroxyl groups excluding tert-OH is 1. The summed E-state index contributed by atoms with van der Waals surface area (Å²) in [5.41, 5.74) is 1.60. The second-order valence-corrected chi connectivity index (χ2v) is 5.22. The molecule has 1 amide bonds. The van der Waals surface area contributed by atoms with Crippen LogP contribution in [-0.4, -0.2) is 42.2 Å². The topological polar surface area (TPSA) is 49.8 Å². The van der Waals surface area contributed by atoms with Crippen molar-refractivity contribution in [3.63, 3.8) is 0 Å². The van der Waals surface area contributed by atoms with Gasteiger partial charge >= 0.3 is 0 Å². The van der Waals surface area contributed by atoms with Crippen molar-refractivity contribution in [1.82, 2.24) is 4.90 Å². The van der Waals surface area contributed by atoms with Gasteiger partial charge in [0.25, 0.3) is 5.91 Å². The van der Waals surface area contributed by atoms with Gasteiger partial charge in [-0.25, -0.2) is 0 Å². The first kappa shape index (κ1) is 13.9. The maximum atomic E-state index is 12.6. The zero-order valence-corrected chi connectivity index (χ0v) is 11.7. The maximum Gasteiger partial charge on any atom is 0.257 e. The number of rotatable bonds is 3. The molecule has 19 heavy (non-hydrogen) atoms. The summed E-state index contributed by atoms with van der Waals surface area (Å²) in [6.45, 7) is 4.73.